The third-order valence-electron chi connectivity index (χ3n) is 4.39. The van der Waals surface area contributed by atoms with Gasteiger partial charge < -0.3 is 9.84 Å². The summed E-state index contributed by atoms with van der Waals surface area (Å²) >= 11 is 0. The number of carbonyl (C=O) groups is 2. The van der Waals surface area contributed by atoms with Crippen molar-refractivity contribution in [1.29, 1.82) is 0 Å². The van der Waals surface area contributed by atoms with Crippen LogP contribution >= 0.6 is 0 Å². The van der Waals surface area contributed by atoms with Crippen molar-refractivity contribution in [2.75, 3.05) is 0 Å². The number of carboxylic acids is 1. The van der Waals surface area contributed by atoms with Crippen molar-refractivity contribution in [2.24, 2.45) is 11.8 Å². The van der Waals surface area contributed by atoms with Gasteiger partial charge in [-0.1, -0.05) is 38.3 Å². The van der Waals surface area contributed by atoms with E-state index in [1.54, 1.807) is 0 Å². The first kappa shape index (κ1) is 19.5. The van der Waals surface area contributed by atoms with Crippen LogP contribution < -0.4 is 0 Å². The Labute approximate surface area is 139 Å². The molecule has 3 unspecified atom stereocenters. The average Bonchev–Trinajstić information content (AvgIpc) is 2.40. The molecule has 0 aliphatic carbocycles. The zero-order valence-electron chi connectivity index (χ0n) is 14.8. The van der Waals surface area contributed by atoms with Crippen molar-refractivity contribution >= 4 is 11.9 Å². The predicted molar refractivity (Wildman–Crippen MR) is 91.1 cm³/mol. The monoisotopic (exact) mass is 322 g/mol. The molecule has 1 saturated heterocycles. The maximum atomic E-state index is 11.2. The Morgan fingerprint density at radius 3 is 2.57 bits per heavy atom. The smallest absolute Gasteiger partial charge is 0.328 e. The molecule has 23 heavy (non-hydrogen) atoms. The summed E-state index contributed by atoms with van der Waals surface area (Å²) in [6, 6.07) is 0. The van der Waals surface area contributed by atoms with E-state index in [0.717, 1.165) is 44.1 Å². The van der Waals surface area contributed by atoms with Gasteiger partial charge in [0, 0.05) is 6.08 Å². The lowest BCUT2D eigenvalue weighted by atomic mass is 9.89. The molecular weight excluding hydrogens is 292 g/mol. The first-order chi connectivity index (χ1) is 10.8. The highest BCUT2D eigenvalue weighted by molar-refractivity contribution is 5.81. The molecule has 1 aliphatic rings. The van der Waals surface area contributed by atoms with Crippen LogP contribution in [0.1, 0.15) is 66.2 Å². The molecule has 1 heterocycles. The fourth-order valence-corrected chi connectivity index (χ4v) is 3.26. The van der Waals surface area contributed by atoms with Crippen LogP contribution in [0, 0.1) is 11.8 Å². The van der Waals surface area contributed by atoms with E-state index in [4.69, 9.17) is 9.84 Å². The highest BCUT2D eigenvalue weighted by Gasteiger charge is 2.39. The molecular formula is C19H30O4. The number of cyclic esters (lactones) is 1. The summed E-state index contributed by atoms with van der Waals surface area (Å²) in [6.07, 6.45) is 9.56. The van der Waals surface area contributed by atoms with Gasteiger partial charge in [-0.3, -0.25) is 4.79 Å². The molecule has 4 nitrogen and oxygen atoms in total. The highest BCUT2D eigenvalue weighted by Crippen LogP contribution is 2.30. The predicted octanol–water partition coefficient (Wildman–Crippen LogP) is 4.50. The normalized spacial score (nSPS) is 23.2. The summed E-state index contributed by atoms with van der Waals surface area (Å²) in [5.41, 5.74) is 1.99. The van der Waals surface area contributed by atoms with Gasteiger partial charge in [0.25, 0.3) is 0 Å². The minimum Gasteiger partial charge on any atom is -0.478 e. The lowest BCUT2D eigenvalue weighted by Gasteiger charge is -2.34. The van der Waals surface area contributed by atoms with Gasteiger partial charge in [0.2, 0.25) is 0 Å². The number of allylic oxidation sites excluding steroid dienone is 3. The second-order valence-electron chi connectivity index (χ2n) is 6.80. The fourth-order valence-electron chi connectivity index (χ4n) is 3.26. The number of unbranched alkanes of at least 4 members (excludes halogenated alkanes) is 1. The number of ether oxygens (including phenoxy) is 1. The summed E-state index contributed by atoms with van der Waals surface area (Å²) in [4.78, 5) is 21.8. The Kier molecular flexibility index (Phi) is 8.07. The highest BCUT2D eigenvalue weighted by atomic mass is 16.6. The quantitative estimate of drug-likeness (QED) is 0.278. The van der Waals surface area contributed by atoms with Crippen LogP contribution in [0.15, 0.2) is 23.3 Å². The average molecular weight is 322 g/mol. The van der Waals surface area contributed by atoms with Crippen molar-refractivity contribution in [3.8, 4) is 0 Å². The van der Waals surface area contributed by atoms with Gasteiger partial charge >= 0.3 is 11.9 Å². The number of rotatable bonds is 10. The molecule has 1 aliphatic heterocycles. The molecule has 3 atom stereocenters. The van der Waals surface area contributed by atoms with E-state index in [9.17, 15) is 9.59 Å². The lowest BCUT2D eigenvalue weighted by Crippen LogP contribution is -2.44. The summed E-state index contributed by atoms with van der Waals surface area (Å²) in [5.74, 6) is -0.227. The number of hydrogen-bond donors (Lipinski definition) is 1. The number of carboxylic acid groups (broad SMARTS) is 1. The van der Waals surface area contributed by atoms with Crippen LogP contribution in [0.4, 0.5) is 0 Å². The zero-order chi connectivity index (χ0) is 17.4. The maximum Gasteiger partial charge on any atom is 0.328 e. The first-order valence-corrected chi connectivity index (χ1v) is 8.62. The minimum absolute atomic E-state index is 0.0311. The Hall–Kier alpha value is -1.58. The van der Waals surface area contributed by atoms with Crippen LogP contribution in [0.3, 0.4) is 0 Å². The van der Waals surface area contributed by atoms with E-state index in [2.05, 4.69) is 13.8 Å². The molecule has 0 aromatic rings. The van der Waals surface area contributed by atoms with E-state index in [1.165, 1.54) is 11.6 Å². The molecule has 0 spiro atoms. The third kappa shape index (κ3) is 7.02. The van der Waals surface area contributed by atoms with E-state index < -0.39 is 5.97 Å². The second kappa shape index (κ2) is 9.53. The Bertz CT molecular complexity index is 476. The lowest BCUT2D eigenvalue weighted by molar-refractivity contribution is -0.185. The summed E-state index contributed by atoms with van der Waals surface area (Å²) in [6.45, 7) is 8.13. The standard InChI is InChI=1S/C19H30O4/c1-5-16-17(23-19(16)22)9-7-6-8-13(2)10-14(3)11-15(4)12-18(20)21/h11-13,16-17H,5-10H2,1-4H3,(H,20,21)/b14-11+,15-12+. The van der Waals surface area contributed by atoms with E-state index in [1.807, 2.05) is 19.9 Å². The molecule has 0 bridgehead atoms. The molecule has 4 heteroatoms. The molecule has 1 fully saturated rings. The summed E-state index contributed by atoms with van der Waals surface area (Å²) in [5, 5.41) is 8.71. The van der Waals surface area contributed by atoms with Crippen molar-refractivity contribution < 1.29 is 19.4 Å². The number of aliphatic carboxylic acids is 1. The van der Waals surface area contributed by atoms with Gasteiger partial charge in [-0.05, 0) is 51.0 Å². The number of esters is 1. The molecule has 0 saturated carbocycles. The minimum atomic E-state index is -0.901. The van der Waals surface area contributed by atoms with Crippen molar-refractivity contribution in [2.45, 2.75) is 72.3 Å². The molecule has 0 aromatic carbocycles. The van der Waals surface area contributed by atoms with Crippen molar-refractivity contribution in [3.05, 3.63) is 23.3 Å². The Balaban J connectivity index is 2.21. The van der Waals surface area contributed by atoms with E-state index >= 15 is 0 Å². The molecule has 1 rings (SSSR count). The molecule has 1 N–H and O–H groups in total. The molecule has 130 valence electrons. The van der Waals surface area contributed by atoms with Crippen molar-refractivity contribution in [1.82, 2.24) is 0 Å². The van der Waals surface area contributed by atoms with Crippen LogP contribution in [-0.4, -0.2) is 23.1 Å². The first-order valence-electron chi connectivity index (χ1n) is 8.62. The topological polar surface area (TPSA) is 63.6 Å². The van der Waals surface area contributed by atoms with Gasteiger partial charge in [0.1, 0.15) is 6.10 Å². The molecule has 0 amide bonds. The summed E-state index contributed by atoms with van der Waals surface area (Å²) < 4.78 is 5.19. The van der Waals surface area contributed by atoms with Gasteiger partial charge in [-0.25, -0.2) is 4.79 Å². The van der Waals surface area contributed by atoms with E-state index in [0.29, 0.717) is 5.92 Å². The Morgan fingerprint density at radius 2 is 2.00 bits per heavy atom. The van der Waals surface area contributed by atoms with Gasteiger partial charge in [-0.15, -0.1) is 0 Å². The van der Waals surface area contributed by atoms with Crippen molar-refractivity contribution in [3.63, 3.8) is 0 Å². The number of carbonyl (C=O) groups excluding carboxylic acids is 1. The van der Waals surface area contributed by atoms with Gasteiger partial charge in [0.05, 0.1) is 5.92 Å². The molecule has 0 aromatic heterocycles. The Morgan fingerprint density at radius 1 is 1.30 bits per heavy atom. The van der Waals surface area contributed by atoms with E-state index in [-0.39, 0.29) is 18.0 Å². The second-order valence-corrected chi connectivity index (χ2v) is 6.80. The van der Waals surface area contributed by atoms with Gasteiger partial charge in [-0.2, -0.15) is 0 Å². The van der Waals surface area contributed by atoms with Crippen LogP contribution in [-0.2, 0) is 14.3 Å². The molecule has 0 radical (unpaired) electrons. The zero-order valence-corrected chi connectivity index (χ0v) is 14.8. The largest absolute Gasteiger partial charge is 0.478 e. The van der Waals surface area contributed by atoms with Gasteiger partial charge in [0.15, 0.2) is 0 Å². The summed E-state index contributed by atoms with van der Waals surface area (Å²) in [7, 11) is 0. The third-order valence-corrected chi connectivity index (χ3v) is 4.39. The fraction of sp³-hybridized carbons (Fsp3) is 0.684. The maximum absolute atomic E-state index is 11.2. The van der Waals surface area contributed by atoms with Crippen LogP contribution in [0.2, 0.25) is 0 Å². The van der Waals surface area contributed by atoms with Crippen LogP contribution in [0.25, 0.3) is 0 Å². The van der Waals surface area contributed by atoms with Crippen LogP contribution in [0.5, 0.6) is 0 Å². The number of hydrogen-bond acceptors (Lipinski definition) is 3. The SMILES string of the molecule is CCC1C(=O)OC1CCCCC(C)C/C(C)=C/C(C)=C/C(=O)O.